The van der Waals surface area contributed by atoms with E-state index in [-0.39, 0.29) is 5.56 Å². The second kappa shape index (κ2) is 5.82. The van der Waals surface area contributed by atoms with Crippen molar-refractivity contribution in [3.8, 4) is 11.4 Å². The zero-order valence-corrected chi connectivity index (χ0v) is 13.7. The molecule has 1 saturated carbocycles. The molecule has 1 fully saturated rings. The number of hydrogen-bond acceptors (Lipinski definition) is 2. The average Bonchev–Trinajstić information content (AvgIpc) is 3.21. The maximum Gasteiger partial charge on any atom is 0.335 e. The van der Waals surface area contributed by atoms with Crippen LogP contribution in [0.3, 0.4) is 0 Å². The summed E-state index contributed by atoms with van der Waals surface area (Å²) in [7, 11) is 2.07. The lowest BCUT2D eigenvalue weighted by atomic mass is 9.95. The van der Waals surface area contributed by atoms with Crippen LogP contribution in [0, 0.1) is 0 Å². The first-order valence-corrected chi connectivity index (χ1v) is 8.46. The fourth-order valence-corrected chi connectivity index (χ4v) is 3.67. The molecule has 120 valence electrons. The van der Waals surface area contributed by atoms with E-state index in [9.17, 15) is 9.90 Å². The van der Waals surface area contributed by atoms with Crippen molar-refractivity contribution in [3.05, 3.63) is 48.0 Å². The van der Waals surface area contributed by atoms with Crippen molar-refractivity contribution in [2.45, 2.75) is 31.7 Å². The number of rotatable bonds is 3. The standard InChI is InChI=1S/C19H19BN2O2/c20-14-8-5-12(6-9-14)18-21-16-11-13(19(23)24)7-10-17(16)22(18)15-3-1-2-4-15/h5-11,15H,1-4,20H2,(H,23,24). The normalized spacial score (nSPS) is 15.2. The number of carboxylic acids is 1. The van der Waals surface area contributed by atoms with Gasteiger partial charge in [-0.05, 0) is 31.0 Å². The lowest BCUT2D eigenvalue weighted by molar-refractivity contribution is 0.0697. The first-order valence-electron chi connectivity index (χ1n) is 8.46. The lowest BCUT2D eigenvalue weighted by Gasteiger charge is -2.16. The minimum atomic E-state index is -0.913. The quantitative estimate of drug-likeness (QED) is 0.756. The SMILES string of the molecule is Bc1ccc(-c2nc3cc(C(=O)O)ccc3n2C2CCCC2)cc1. The van der Waals surface area contributed by atoms with Crippen molar-refractivity contribution in [3.63, 3.8) is 0 Å². The molecule has 1 heterocycles. The Bertz CT molecular complexity index is 909. The van der Waals surface area contributed by atoms with Crippen molar-refractivity contribution >= 4 is 30.3 Å². The Hall–Kier alpha value is -2.56. The Morgan fingerprint density at radius 1 is 1.12 bits per heavy atom. The van der Waals surface area contributed by atoms with Crippen LogP contribution in [0.2, 0.25) is 0 Å². The maximum absolute atomic E-state index is 11.3. The van der Waals surface area contributed by atoms with E-state index in [1.165, 1.54) is 18.3 Å². The lowest BCUT2D eigenvalue weighted by Crippen LogP contribution is -2.07. The summed E-state index contributed by atoms with van der Waals surface area (Å²) >= 11 is 0. The number of imidazole rings is 1. The summed E-state index contributed by atoms with van der Waals surface area (Å²) in [5.41, 5.74) is 4.38. The number of hydrogen-bond donors (Lipinski definition) is 1. The third kappa shape index (κ3) is 2.50. The van der Waals surface area contributed by atoms with Gasteiger partial charge in [-0.25, -0.2) is 9.78 Å². The van der Waals surface area contributed by atoms with E-state index in [0.717, 1.165) is 35.3 Å². The first kappa shape index (κ1) is 15.0. The van der Waals surface area contributed by atoms with E-state index in [4.69, 9.17) is 4.98 Å². The van der Waals surface area contributed by atoms with E-state index in [0.29, 0.717) is 6.04 Å². The molecule has 4 nitrogen and oxygen atoms in total. The fourth-order valence-electron chi connectivity index (χ4n) is 3.67. The summed E-state index contributed by atoms with van der Waals surface area (Å²) in [6.07, 6.45) is 4.80. The molecule has 0 unspecified atom stereocenters. The van der Waals surface area contributed by atoms with Crippen LogP contribution in [0.15, 0.2) is 42.5 Å². The highest BCUT2D eigenvalue weighted by Crippen LogP contribution is 2.36. The molecule has 4 rings (SSSR count). The Labute approximate surface area is 141 Å². The zero-order chi connectivity index (χ0) is 16.7. The number of aromatic carboxylic acids is 1. The largest absolute Gasteiger partial charge is 0.478 e. The number of carbonyl (C=O) groups is 1. The summed E-state index contributed by atoms with van der Waals surface area (Å²) in [5, 5.41) is 9.24. The third-order valence-electron chi connectivity index (χ3n) is 4.94. The minimum Gasteiger partial charge on any atom is -0.478 e. The van der Waals surface area contributed by atoms with Crippen LogP contribution in [0.5, 0.6) is 0 Å². The topological polar surface area (TPSA) is 55.1 Å². The predicted molar refractivity (Wildman–Crippen MR) is 97.8 cm³/mol. The van der Waals surface area contributed by atoms with E-state index in [1.54, 1.807) is 12.1 Å². The van der Waals surface area contributed by atoms with Gasteiger partial charge in [-0.1, -0.05) is 42.6 Å². The molecule has 1 N–H and O–H groups in total. The second-order valence-electron chi connectivity index (χ2n) is 6.62. The van der Waals surface area contributed by atoms with Gasteiger partial charge in [-0.15, -0.1) is 0 Å². The van der Waals surface area contributed by atoms with E-state index >= 15 is 0 Å². The smallest absolute Gasteiger partial charge is 0.335 e. The highest BCUT2D eigenvalue weighted by molar-refractivity contribution is 6.32. The van der Waals surface area contributed by atoms with E-state index < -0.39 is 5.97 Å². The molecule has 0 saturated heterocycles. The molecular formula is C19H19BN2O2. The zero-order valence-electron chi connectivity index (χ0n) is 13.7. The highest BCUT2D eigenvalue weighted by atomic mass is 16.4. The molecule has 0 atom stereocenters. The van der Waals surface area contributed by atoms with Gasteiger partial charge in [-0.2, -0.15) is 0 Å². The average molecular weight is 318 g/mol. The summed E-state index contributed by atoms with van der Waals surface area (Å²) in [6.45, 7) is 0. The van der Waals surface area contributed by atoms with Gasteiger partial charge < -0.3 is 9.67 Å². The molecular weight excluding hydrogens is 299 g/mol. The number of nitrogens with zero attached hydrogens (tertiary/aromatic N) is 2. The molecule has 0 bridgehead atoms. The van der Waals surface area contributed by atoms with Crippen LogP contribution in [-0.2, 0) is 0 Å². The van der Waals surface area contributed by atoms with Crippen molar-refractivity contribution in [2.75, 3.05) is 0 Å². The minimum absolute atomic E-state index is 0.286. The fraction of sp³-hybridized carbons (Fsp3) is 0.263. The summed E-state index contributed by atoms with van der Waals surface area (Å²) < 4.78 is 2.32. The Morgan fingerprint density at radius 3 is 2.50 bits per heavy atom. The van der Waals surface area contributed by atoms with Crippen LogP contribution in [0.1, 0.15) is 42.1 Å². The predicted octanol–water partition coefficient (Wildman–Crippen LogP) is 2.78. The molecule has 1 aromatic heterocycles. The Balaban J connectivity index is 1.94. The number of aromatic nitrogens is 2. The Morgan fingerprint density at radius 2 is 1.83 bits per heavy atom. The molecule has 1 aliphatic carbocycles. The highest BCUT2D eigenvalue weighted by Gasteiger charge is 2.23. The van der Waals surface area contributed by atoms with Gasteiger partial charge in [0.15, 0.2) is 0 Å². The van der Waals surface area contributed by atoms with Crippen LogP contribution in [0.4, 0.5) is 0 Å². The number of carboxylic acid groups (broad SMARTS) is 1. The molecule has 0 aliphatic heterocycles. The van der Waals surface area contributed by atoms with Gasteiger partial charge in [0, 0.05) is 11.6 Å². The van der Waals surface area contributed by atoms with E-state index in [2.05, 4.69) is 36.7 Å². The molecule has 1 aliphatic rings. The maximum atomic E-state index is 11.3. The molecule has 0 spiro atoms. The van der Waals surface area contributed by atoms with Crippen molar-refractivity contribution in [1.29, 1.82) is 0 Å². The third-order valence-corrected chi connectivity index (χ3v) is 4.94. The van der Waals surface area contributed by atoms with Gasteiger partial charge in [0.2, 0.25) is 0 Å². The molecule has 2 aromatic carbocycles. The van der Waals surface area contributed by atoms with E-state index in [1.807, 2.05) is 6.07 Å². The van der Waals surface area contributed by atoms with Gasteiger partial charge in [0.25, 0.3) is 0 Å². The van der Waals surface area contributed by atoms with Crippen molar-refractivity contribution < 1.29 is 9.90 Å². The van der Waals surface area contributed by atoms with Crippen molar-refractivity contribution in [1.82, 2.24) is 9.55 Å². The van der Waals surface area contributed by atoms with Crippen molar-refractivity contribution in [2.24, 2.45) is 0 Å². The van der Waals surface area contributed by atoms with Crippen LogP contribution < -0.4 is 5.46 Å². The van der Waals surface area contributed by atoms with Crippen LogP contribution in [-0.4, -0.2) is 28.5 Å². The van der Waals surface area contributed by atoms with Gasteiger partial charge in [0.1, 0.15) is 13.7 Å². The summed E-state index contributed by atoms with van der Waals surface area (Å²) in [4.78, 5) is 16.1. The molecule has 5 heteroatoms. The molecule has 0 amide bonds. The van der Waals surface area contributed by atoms with Gasteiger partial charge in [0.05, 0.1) is 16.6 Å². The molecule has 0 radical (unpaired) electrons. The second-order valence-corrected chi connectivity index (χ2v) is 6.62. The summed E-state index contributed by atoms with van der Waals surface area (Å²) in [6, 6.07) is 14.1. The van der Waals surface area contributed by atoms with Crippen LogP contribution in [0.25, 0.3) is 22.4 Å². The molecule has 3 aromatic rings. The number of benzene rings is 2. The first-order chi connectivity index (χ1) is 11.6. The number of fused-ring (bicyclic) bond motifs is 1. The molecule has 24 heavy (non-hydrogen) atoms. The Kier molecular flexibility index (Phi) is 3.64. The van der Waals surface area contributed by atoms with Crippen LogP contribution >= 0.6 is 0 Å². The summed E-state index contributed by atoms with van der Waals surface area (Å²) in [5.74, 6) is 0.0311. The monoisotopic (exact) mass is 318 g/mol. The van der Waals surface area contributed by atoms with Gasteiger partial charge in [-0.3, -0.25) is 0 Å². The van der Waals surface area contributed by atoms with Gasteiger partial charge >= 0.3 is 5.97 Å².